The molecule has 19 heteroatoms. The van der Waals surface area contributed by atoms with Gasteiger partial charge in [-0.15, -0.1) is 0 Å². The van der Waals surface area contributed by atoms with Crippen molar-refractivity contribution in [2.45, 2.75) is 219 Å². The molecule has 0 spiro atoms. The smallest absolute Gasteiger partial charge is 0.187 e. The highest BCUT2D eigenvalue weighted by atomic mass is 28.4. The molecule has 10 atom stereocenters. The van der Waals surface area contributed by atoms with Crippen LogP contribution in [-0.2, 0) is 49.6 Å². The van der Waals surface area contributed by atoms with E-state index < -0.39 is 122 Å². The van der Waals surface area contributed by atoms with Gasteiger partial charge in [-0.05, 0) is 157 Å². The molecule has 0 radical (unpaired) electrons. The van der Waals surface area contributed by atoms with Gasteiger partial charge in [-0.3, -0.25) is 0 Å². The zero-order valence-electron chi connectivity index (χ0n) is 39.7. The third-order valence-electron chi connectivity index (χ3n) is 7.70. The second-order valence-electron chi connectivity index (χ2n) is 23.2. The SMILES string of the molecule is C[Si](C)(C)OC[C@H]1O[C@H](OCC2O[C@@H](O[Si](C)(C)C)[C@H](O[Si](C)(C)C)[C@@H](O[Si](C)(C)C)[C@@H]2O[Si](C)(C)C)[C@H](O[Si](C)(C)C)[C@@H](O[Si](C)(C)C)[C@H]1O[Si](C)(C)C. The number of hydrogen-bond acceptors (Lipinski definition) is 11. The summed E-state index contributed by atoms with van der Waals surface area (Å²) in [6, 6.07) is 0. The van der Waals surface area contributed by atoms with Gasteiger partial charge >= 0.3 is 0 Å². The number of ether oxygens (including phenoxy) is 3. The molecule has 1 unspecified atom stereocenters. The van der Waals surface area contributed by atoms with Gasteiger partial charge in [0, 0.05) is 0 Å². The molecule has 0 N–H and O–H groups in total. The number of hydrogen-bond donors (Lipinski definition) is 0. The van der Waals surface area contributed by atoms with E-state index in [4.69, 9.17) is 49.6 Å². The van der Waals surface area contributed by atoms with Crippen LogP contribution in [-0.4, -0.2) is 141 Å². The molecule has 55 heavy (non-hydrogen) atoms. The Hall–Kier alpha value is 1.30. The Balaban J connectivity index is 2.76. The molecule has 0 saturated carbocycles. The molecule has 0 aromatic heterocycles. The largest absolute Gasteiger partial charge is 0.415 e. The van der Waals surface area contributed by atoms with Crippen molar-refractivity contribution in [2.75, 3.05) is 13.2 Å². The summed E-state index contributed by atoms with van der Waals surface area (Å²) < 4.78 is 76.8. The summed E-state index contributed by atoms with van der Waals surface area (Å²) in [4.78, 5) is 0. The Morgan fingerprint density at radius 1 is 0.291 bits per heavy atom. The van der Waals surface area contributed by atoms with Crippen LogP contribution in [0.5, 0.6) is 0 Å². The van der Waals surface area contributed by atoms with Crippen molar-refractivity contribution in [1.29, 1.82) is 0 Å². The van der Waals surface area contributed by atoms with Gasteiger partial charge in [0.05, 0.1) is 13.2 Å². The van der Waals surface area contributed by atoms with Gasteiger partial charge < -0.3 is 49.6 Å². The highest BCUT2D eigenvalue weighted by molar-refractivity contribution is 6.72. The van der Waals surface area contributed by atoms with Crippen molar-refractivity contribution < 1.29 is 49.6 Å². The van der Waals surface area contributed by atoms with Gasteiger partial charge in [0.1, 0.15) is 48.8 Å². The van der Waals surface area contributed by atoms with Gasteiger partial charge in [-0.25, -0.2) is 0 Å². The third kappa shape index (κ3) is 20.6. The van der Waals surface area contributed by atoms with Crippen molar-refractivity contribution in [1.82, 2.24) is 0 Å². The minimum atomic E-state index is -2.17. The Morgan fingerprint density at radius 2 is 0.564 bits per heavy atom. The summed E-state index contributed by atoms with van der Waals surface area (Å²) in [5.74, 6) is 0. The first-order valence-corrected chi connectivity index (χ1v) is 47.8. The van der Waals surface area contributed by atoms with E-state index in [1.165, 1.54) is 0 Å². The van der Waals surface area contributed by atoms with E-state index in [9.17, 15) is 0 Å². The average molecular weight is 920 g/mol. The molecule has 2 heterocycles. The van der Waals surface area contributed by atoms with Crippen LogP contribution in [0.15, 0.2) is 0 Å². The Bertz CT molecular complexity index is 1180. The van der Waals surface area contributed by atoms with Crippen LogP contribution in [0.2, 0.25) is 157 Å². The van der Waals surface area contributed by atoms with Gasteiger partial charge in [0.15, 0.2) is 79.1 Å². The minimum Gasteiger partial charge on any atom is -0.415 e. The predicted molar refractivity (Wildman–Crippen MR) is 246 cm³/mol. The molecule has 11 nitrogen and oxygen atoms in total. The second kappa shape index (κ2) is 19.1. The summed E-state index contributed by atoms with van der Waals surface area (Å²) in [7, 11) is -16.8. The van der Waals surface area contributed by atoms with Crippen molar-refractivity contribution in [3.63, 3.8) is 0 Å². The zero-order valence-corrected chi connectivity index (χ0v) is 47.7. The van der Waals surface area contributed by atoms with Crippen molar-refractivity contribution in [3.05, 3.63) is 0 Å². The first-order valence-electron chi connectivity index (χ1n) is 20.5. The summed E-state index contributed by atoms with van der Waals surface area (Å²) >= 11 is 0. The molecular weight excluding hydrogens is 833 g/mol. The standard InChI is InChI=1S/C36H86O11Si8/c1-48(2,3)38-26-28-30(42-50(7,8)9)31(43-51(10,11)12)33(45-53(16,17)18)35(39-28)37-25-27-29(41-49(4,5)6)32(44-52(13,14)15)34(46-54(19,20)21)36(40-27)47-55(22,23)24/h27-36H,25-26H2,1-24H3/t27?,28-,29-,30+,31+,32+,33-,34-,35+,36+/m1/s1. The summed E-state index contributed by atoms with van der Waals surface area (Å²) in [6.07, 6.45) is -5.02. The van der Waals surface area contributed by atoms with E-state index >= 15 is 0 Å². The molecule has 0 bridgehead atoms. The topological polar surface area (TPSA) is 102 Å². The summed E-state index contributed by atoms with van der Waals surface area (Å²) in [5, 5.41) is 0. The molecule has 2 aliphatic rings. The Kier molecular flexibility index (Phi) is 18.2. The van der Waals surface area contributed by atoms with Gasteiger partial charge in [-0.1, -0.05) is 0 Å². The van der Waals surface area contributed by atoms with Crippen molar-refractivity contribution in [2.24, 2.45) is 0 Å². The maximum atomic E-state index is 7.11. The fourth-order valence-corrected chi connectivity index (χ4v) is 14.4. The molecule has 0 aromatic carbocycles. The van der Waals surface area contributed by atoms with Crippen LogP contribution >= 0.6 is 0 Å². The summed E-state index contributed by atoms with van der Waals surface area (Å²) in [5.41, 5.74) is 0. The molecule has 0 aromatic rings. The van der Waals surface area contributed by atoms with Gasteiger partial charge in [0.2, 0.25) is 0 Å². The van der Waals surface area contributed by atoms with E-state index in [2.05, 4.69) is 157 Å². The quantitative estimate of drug-likeness (QED) is 0.109. The fraction of sp³-hybridized carbons (Fsp3) is 1.00. The van der Waals surface area contributed by atoms with Crippen LogP contribution in [0.25, 0.3) is 0 Å². The molecule has 328 valence electrons. The molecule has 2 saturated heterocycles. The fourth-order valence-electron chi connectivity index (χ4n) is 6.38. The lowest BCUT2D eigenvalue weighted by molar-refractivity contribution is -0.314. The van der Waals surface area contributed by atoms with E-state index in [-0.39, 0.29) is 12.7 Å². The third-order valence-corrected chi connectivity index (χ3v) is 15.5. The number of rotatable bonds is 20. The molecule has 2 aliphatic heterocycles. The Morgan fingerprint density at radius 3 is 0.891 bits per heavy atom. The van der Waals surface area contributed by atoms with Crippen molar-refractivity contribution in [3.8, 4) is 0 Å². The van der Waals surface area contributed by atoms with E-state index in [0.29, 0.717) is 6.61 Å². The molecule has 2 rings (SSSR count). The highest BCUT2D eigenvalue weighted by Gasteiger charge is 2.55. The van der Waals surface area contributed by atoms with E-state index in [1.54, 1.807) is 0 Å². The van der Waals surface area contributed by atoms with Crippen LogP contribution in [0.1, 0.15) is 0 Å². The van der Waals surface area contributed by atoms with Gasteiger partial charge in [0.25, 0.3) is 0 Å². The van der Waals surface area contributed by atoms with E-state index in [1.807, 2.05) is 0 Å². The average Bonchev–Trinajstić information content (AvgIpc) is 2.87. The van der Waals surface area contributed by atoms with Crippen molar-refractivity contribution >= 4 is 66.5 Å². The van der Waals surface area contributed by atoms with Crippen LogP contribution in [0.3, 0.4) is 0 Å². The predicted octanol–water partition coefficient (Wildman–Crippen LogP) is 9.48. The Labute approximate surface area is 346 Å². The monoisotopic (exact) mass is 918 g/mol. The van der Waals surface area contributed by atoms with Crippen LogP contribution in [0.4, 0.5) is 0 Å². The normalized spacial score (nSPS) is 31.2. The maximum Gasteiger partial charge on any atom is 0.187 e. The lowest BCUT2D eigenvalue weighted by atomic mass is 9.98. The summed E-state index contributed by atoms with van der Waals surface area (Å²) in [6.45, 7) is 53.4. The van der Waals surface area contributed by atoms with E-state index in [0.717, 1.165) is 0 Å². The molecular formula is C36H86O11Si8. The van der Waals surface area contributed by atoms with Gasteiger partial charge in [-0.2, -0.15) is 0 Å². The lowest BCUT2D eigenvalue weighted by Gasteiger charge is -2.53. The lowest BCUT2D eigenvalue weighted by Crippen LogP contribution is -2.68. The van der Waals surface area contributed by atoms with Crippen LogP contribution in [0, 0.1) is 0 Å². The second-order valence-corrected chi connectivity index (χ2v) is 59.0. The highest BCUT2D eigenvalue weighted by Crippen LogP contribution is 2.38. The first kappa shape index (κ1) is 52.4. The minimum absolute atomic E-state index is 0.170. The molecule has 0 aliphatic carbocycles. The van der Waals surface area contributed by atoms with Crippen LogP contribution < -0.4 is 0 Å². The molecule has 0 amide bonds. The molecule has 2 fully saturated rings. The first-order chi connectivity index (χ1) is 24.2. The maximum absolute atomic E-state index is 7.11. The zero-order chi connectivity index (χ0) is 43.0.